The van der Waals surface area contributed by atoms with Crippen LogP contribution in [0.3, 0.4) is 0 Å². The first-order valence-corrected chi connectivity index (χ1v) is 5.71. The summed E-state index contributed by atoms with van der Waals surface area (Å²) in [6.07, 6.45) is 1.85. The average Bonchev–Trinajstić information content (AvgIpc) is 2.66. The standard InChI is InChI=1S/C13H11ClFN3/c1-18-8-9(2-13(18)6-16)7-17-12-4-10(14)3-11(15)5-12/h2-5,8,17H,7H2,1H3. The number of rotatable bonds is 3. The molecular weight excluding hydrogens is 253 g/mol. The minimum atomic E-state index is -0.379. The Hall–Kier alpha value is -1.99. The molecule has 0 amide bonds. The Bertz CT molecular complexity index is 593. The number of aromatic nitrogens is 1. The van der Waals surface area contributed by atoms with Gasteiger partial charge in [-0.2, -0.15) is 5.26 Å². The lowest BCUT2D eigenvalue weighted by molar-refractivity contribution is 0.628. The number of nitrogens with zero attached hydrogens (tertiary/aromatic N) is 2. The summed E-state index contributed by atoms with van der Waals surface area (Å²) in [6, 6.07) is 8.15. The molecule has 1 aromatic carbocycles. The van der Waals surface area contributed by atoms with E-state index >= 15 is 0 Å². The van der Waals surface area contributed by atoms with E-state index in [1.807, 2.05) is 6.20 Å². The van der Waals surface area contributed by atoms with Crippen LogP contribution >= 0.6 is 11.6 Å². The first kappa shape index (κ1) is 12.5. The van der Waals surface area contributed by atoms with E-state index in [0.29, 0.717) is 22.9 Å². The molecule has 0 aliphatic carbocycles. The maximum Gasteiger partial charge on any atom is 0.126 e. The summed E-state index contributed by atoms with van der Waals surface area (Å²) in [7, 11) is 1.81. The molecule has 3 nitrogen and oxygen atoms in total. The Balaban J connectivity index is 2.09. The minimum Gasteiger partial charge on any atom is -0.381 e. The number of benzene rings is 1. The van der Waals surface area contributed by atoms with Crippen LogP contribution < -0.4 is 5.32 Å². The summed E-state index contributed by atoms with van der Waals surface area (Å²) in [4.78, 5) is 0. The van der Waals surface area contributed by atoms with E-state index in [2.05, 4.69) is 11.4 Å². The van der Waals surface area contributed by atoms with Gasteiger partial charge < -0.3 is 9.88 Å². The molecule has 5 heteroatoms. The summed E-state index contributed by atoms with van der Waals surface area (Å²) in [5.41, 5.74) is 2.15. The normalized spacial score (nSPS) is 10.1. The summed E-state index contributed by atoms with van der Waals surface area (Å²) in [5, 5.41) is 12.2. The topological polar surface area (TPSA) is 40.8 Å². The third-order valence-corrected chi connectivity index (χ3v) is 2.75. The lowest BCUT2D eigenvalue weighted by Crippen LogP contribution is -1.98. The number of nitrogens with one attached hydrogen (secondary N) is 1. The third-order valence-electron chi connectivity index (χ3n) is 2.54. The number of hydrogen-bond acceptors (Lipinski definition) is 2. The van der Waals surface area contributed by atoms with Gasteiger partial charge in [-0.3, -0.25) is 0 Å². The highest BCUT2D eigenvalue weighted by Crippen LogP contribution is 2.19. The minimum absolute atomic E-state index is 0.350. The van der Waals surface area contributed by atoms with Crippen LogP contribution in [0.5, 0.6) is 0 Å². The van der Waals surface area contributed by atoms with Crippen LogP contribution in [0.2, 0.25) is 5.02 Å². The van der Waals surface area contributed by atoms with Gasteiger partial charge in [0.25, 0.3) is 0 Å². The van der Waals surface area contributed by atoms with Crippen molar-refractivity contribution in [3.63, 3.8) is 0 Å². The Morgan fingerprint density at radius 2 is 2.17 bits per heavy atom. The van der Waals surface area contributed by atoms with Gasteiger partial charge in [0.1, 0.15) is 17.6 Å². The van der Waals surface area contributed by atoms with Gasteiger partial charge in [0.05, 0.1) is 0 Å². The number of anilines is 1. The molecule has 18 heavy (non-hydrogen) atoms. The maximum atomic E-state index is 13.1. The van der Waals surface area contributed by atoms with Crippen LogP contribution in [-0.4, -0.2) is 4.57 Å². The Morgan fingerprint density at radius 3 is 2.78 bits per heavy atom. The van der Waals surface area contributed by atoms with Crippen LogP contribution in [0.15, 0.2) is 30.5 Å². The van der Waals surface area contributed by atoms with Crippen molar-refractivity contribution in [1.29, 1.82) is 5.26 Å². The second-order valence-corrected chi connectivity index (χ2v) is 4.40. The van der Waals surface area contributed by atoms with Crippen molar-refractivity contribution in [3.05, 3.63) is 52.6 Å². The highest BCUT2D eigenvalue weighted by atomic mass is 35.5. The van der Waals surface area contributed by atoms with Crippen LogP contribution in [0.1, 0.15) is 11.3 Å². The summed E-state index contributed by atoms with van der Waals surface area (Å²) < 4.78 is 14.9. The molecule has 0 atom stereocenters. The SMILES string of the molecule is Cn1cc(CNc2cc(F)cc(Cl)c2)cc1C#N. The lowest BCUT2D eigenvalue weighted by Gasteiger charge is -2.05. The van der Waals surface area contributed by atoms with E-state index in [-0.39, 0.29) is 5.82 Å². The van der Waals surface area contributed by atoms with E-state index < -0.39 is 0 Å². The molecular formula is C13H11ClFN3. The smallest absolute Gasteiger partial charge is 0.126 e. The van der Waals surface area contributed by atoms with Gasteiger partial charge in [-0.25, -0.2) is 4.39 Å². The van der Waals surface area contributed by atoms with E-state index in [4.69, 9.17) is 16.9 Å². The molecule has 0 aliphatic heterocycles. The van der Waals surface area contributed by atoms with Gasteiger partial charge in [0, 0.05) is 30.5 Å². The van der Waals surface area contributed by atoms with Gasteiger partial charge >= 0.3 is 0 Å². The summed E-state index contributed by atoms with van der Waals surface area (Å²) >= 11 is 5.76. The van der Waals surface area contributed by atoms with Crippen LogP contribution in [-0.2, 0) is 13.6 Å². The highest BCUT2D eigenvalue weighted by molar-refractivity contribution is 6.30. The van der Waals surface area contributed by atoms with Gasteiger partial charge in [0.2, 0.25) is 0 Å². The fourth-order valence-corrected chi connectivity index (χ4v) is 1.92. The molecule has 0 unspecified atom stereocenters. The maximum absolute atomic E-state index is 13.1. The summed E-state index contributed by atoms with van der Waals surface area (Å²) in [6.45, 7) is 0.509. The highest BCUT2D eigenvalue weighted by Gasteiger charge is 2.03. The van der Waals surface area contributed by atoms with Crippen molar-refractivity contribution in [2.45, 2.75) is 6.54 Å². The van der Waals surface area contributed by atoms with E-state index in [1.54, 1.807) is 23.7 Å². The largest absolute Gasteiger partial charge is 0.381 e. The van der Waals surface area contributed by atoms with E-state index in [0.717, 1.165) is 5.56 Å². The first-order chi connectivity index (χ1) is 8.58. The molecule has 0 radical (unpaired) electrons. The molecule has 0 saturated heterocycles. The number of halogens is 2. The van der Waals surface area contributed by atoms with Crippen LogP contribution in [0.4, 0.5) is 10.1 Å². The van der Waals surface area contributed by atoms with Gasteiger partial charge in [0.15, 0.2) is 0 Å². The van der Waals surface area contributed by atoms with Crippen molar-refractivity contribution < 1.29 is 4.39 Å². The van der Waals surface area contributed by atoms with Gasteiger partial charge in [-0.05, 0) is 29.8 Å². The van der Waals surface area contributed by atoms with Crippen molar-refractivity contribution in [2.75, 3.05) is 5.32 Å². The Kier molecular flexibility index (Phi) is 3.54. The molecule has 1 heterocycles. The second-order valence-electron chi connectivity index (χ2n) is 3.97. The molecule has 92 valence electrons. The molecule has 2 rings (SSSR count). The molecule has 2 aromatic rings. The van der Waals surface area contributed by atoms with Crippen molar-refractivity contribution in [3.8, 4) is 6.07 Å². The monoisotopic (exact) mass is 263 g/mol. The third kappa shape index (κ3) is 2.82. The molecule has 0 bridgehead atoms. The van der Waals surface area contributed by atoms with Crippen molar-refractivity contribution in [2.24, 2.45) is 7.05 Å². The second kappa shape index (κ2) is 5.11. The Labute approximate surface area is 109 Å². The number of nitriles is 1. The van der Waals surface area contributed by atoms with Crippen LogP contribution in [0.25, 0.3) is 0 Å². The predicted molar refractivity (Wildman–Crippen MR) is 68.9 cm³/mol. The number of hydrogen-bond donors (Lipinski definition) is 1. The zero-order valence-electron chi connectivity index (χ0n) is 9.74. The lowest BCUT2D eigenvalue weighted by atomic mass is 10.2. The van der Waals surface area contributed by atoms with Crippen molar-refractivity contribution >= 4 is 17.3 Å². The average molecular weight is 264 g/mol. The molecule has 0 fully saturated rings. The first-order valence-electron chi connectivity index (χ1n) is 5.34. The molecule has 1 N–H and O–H groups in total. The quantitative estimate of drug-likeness (QED) is 0.923. The Morgan fingerprint density at radius 1 is 1.39 bits per heavy atom. The molecule has 1 aromatic heterocycles. The summed E-state index contributed by atoms with van der Waals surface area (Å²) in [5.74, 6) is -0.379. The zero-order chi connectivity index (χ0) is 13.1. The zero-order valence-corrected chi connectivity index (χ0v) is 10.5. The van der Waals surface area contributed by atoms with E-state index in [9.17, 15) is 4.39 Å². The van der Waals surface area contributed by atoms with Crippen LogP contribution in [0, 0.1) is 17.1 Å². The molecule has 0 saturated carbocycles. The van der Waals surface area contributed by atoms with E-state index in [1.165, 1.54) is 12.1 Å². The predicted octanol–water partition coefficient (Wildman–Crippen LogP) is 3.30. The van der Waals surface area contributed by atoms with Gasteiger partial charge in [-0.15, -0.1) is 0 Å². The van der Waals surface area contributed by atoms with Gasteiger partial charge in [-0.1, -0.05) is 11.6 Å². The molecule has 0 spiro atoms. The fourth-order valence-electron chi connectivity index (χ4n) is 1.70. The van der Waals surface area contributed by atoms with Crippen molar-refractivity contribution in [1.82, 2.24) is 4.57 Å². The number of aryl methyl sites for hydroxylation is 1. The molecule has 0 aliphatic rings. The fraction of sp³-hybridized carbons (Fsp3) is 0.154.